The number of alkyl halides is 1. The van der Waals surface area contributed by atoms with Crippen LogP contribution in [0, 0.1) is 0 Å². The maximum absolute atomic E-state index is 15.2. The highest BCUT2D eigenvalue weighted by molar-refractivity contribution is 5.14. The zero-order valence-electron chi connectivity index (χ0n) is 14.5. The molecule has 3 atom stereocenters. The zero-order valence-corrected chi connectivity index (χ0v) is 14.5. The topological polar surface area (TPSA) is 67.2 Å². The lowest BCUT2D eigenvalue weighted by molar-refractivity contribution is -0.0117. The molecule has 1 fully saturated rings. The number of ether oxygens (including phenoxy) is 2. The minimum Gasteiger partial charge on any atom is -0.373 e. The Morgan fingerprint density at radius 1 is 1.00 bits per heavy atom. The van der Waals surface area contributed by atoms with Crippen molar-refractivity contribution in [3.8, 4) is 0 Å². The lowest BCUT2D eigenvalue weighted by Gasteiger charge is -2.20. The van der Waals surface area contributed by atoms with Gasteiger partial charge in [-0.3, -0.25) is 0 Å². The summed E-state index contributed by atoms with van der Waals surface area (Å²) >= 11 is 0. The van der Waals surface area contributed by atoms with E-state index in [0.29, 0.717) is 13.2 Å². The van der Waals surface area contributed by atoms with Gasteiger partial charge in [-0.2, -0.15) is 0 Å². The number of benzene rings is 2. The predicted molar refractivity (Wildman–Crippen MR) is 97.1 cm³/mol. The van der Waals surface area contributed by atoms with Gasteiger partial charge in [0, 0.05) is 11.3 Å². The molecule has 136 valence electrons. The van der Waals surface area contributed by atoms with Gasteiger partial charge in [-0.15, -0.1) is 0 Å². The third-order valence-corrected chi connectivity index (χ3v) is 4.55. The third-order valence-electron chi connectivity index (χ3n) is 4.55. The average Bonchev–Trinajstić information content (AvgIpc) is 2.98. The van der Waals surface area contributed by atoms with Crippen LogP contribution in [0.3, 0.4) is 0 Å². The molecule has 0 radical (unpaired) electrons. The second-order valence-corrected chi connectivity index (χ2v) is 6.64. The molecule has 1 saturated carbocycles. The van der Waals surface area contributed by atoms with Gasteiger partial charge in [0.15, 0.2) is 0 Å². The molecular weight excluding hydrogens is 333 g/mol. The standard InChI is InChI=1S/C20H22FN3O2/c21-20(15-25-13-16-7-3-1-4-8-16)11-18(23-24-22)19(12-20)26-14-17-9-5-2-6-10-17/h1-10,18-19H,11-15H2/t18-,19-,20-/m1/s1. The molecule has 3 rings (SSSR count). The highest BCUT2D eigenvalue weighted by atomic mass is 19.1. The van der Waals surface area contributed by atoms with Crippen LogP contribution < -0.4 is 0 Å². The average molecular weight is 355 g/mol. The van der Waals surface area contributed by atoms with E-state index >= 15 is 4.39 Å². The Labute approximate surface area is 152 Å². The Bertz CT molecular complexity index is 737. The van der Waals surface area contributed by atoms with E-state index in [1.807, 2.05) is 60.7 Å². The second kappa shape index (κ2) is 8.81. The maximum Gasteiger partial charge on any atom is 0.137 e. The molecule has 0 spiro atoms. The van der Waals surface area contributed by atoms with Crippen LogP contribution in [0.4, 0.5) is 4.39 Å². The highest BCUT2D eigenvalue weighted by Crippen LogP contribution is 2.38. The van der Waals surface area contributed by atoms with Crippen LogP contribution >= 0.6 is 0 Å². The number of halogens is 1. The van der Waals surface area contributed by atoms with Crippen molar-refractivity contribution in [2.24, 2.45) is 5.11 Å². The maximum atomic E-state index is 15.2. The second-order valence-electron chi connectivity index (χ2n) is 6.64. The van der Waals surface area contributed by atoms with Crippen molar-refractivity contribution in [1.82, 2.24) is 0 Å². The van der Waals surface area contributed by atoms with Crippen molar-refractivity contribution in [3.05, 3.63) is 82.2 Å². The summed E-state index contributed by atoms with van der Waals surface area (Å²) in [6, 6.07) is 18.8. The zero-order chi connectivity index (χ0) is 18.2. The van der Waals surface area contributed by atoms with Gasteiger partial charge in [-0.25, -0.2) is 4.39 Å². The van der Waals surface area contributed by atoms with Crippen molar-refractivity contribution >= 4 is 0 Å². The number of azide groups is 1. The molecular formula is C20H22FN3O2. The molecule has 0 amide bonds. The summed E-state index contributed by atoms with van der Waals surface area (Å²) in [5, 5.41) is 3.74. The summed E-state index contributed by atoms with van der Waals surface area (Å²) in [7, 11) is 0. The first-order chi connectivity index (χ1) is 12.7. The van der Waals surface area contributed by atoms with E-state index in [9.17, 15) is 0 Å². The first-order valence-corrected chi connectivity index (χ1v) is 8.69. The number of hydrogen-bond donors (Lipinski definition) is 0. The van der Waals surface area contributed by atoms with Gasteiger partial charge >= 0.3 is 0 Å². The Balaban J connectivity index is 1.55. The number of rotatable bonds is 8. The lowest BCUT2D eigenvalue weighted by atomic mass is 10.1. The van der Waals surface area contributed by atoms with Crippen molar-refractivity contribution in [1.29, 1.82) is 0 Å². The smallest absolute Gasteiger partial charge is 0.137 e. The molecule has 1 aliphatic carbocycles. The molecule has 0 unspecified atom stereocenters. The van der Waals surface area contributed by atoms with Crippen LogP contribution in [0.1, 0.15) is 24.0 Å². The summed E-state index contributed by atoms with van der Waals surface area (Å²) < 4.78 is 26.6. The molecule has 0 aliphatic heterocycles. The molecule has 26 heavy (non-hydrogen) atoms. The normalized spacial score (nSPS) is 25.0. The third kappa shape index (κ3) is 5.05. The van der Waals surface area contributed by atoms with Gasteiger partial charge in [-0.05, 0) is 23.1 Å². The SMILES string of the molecule is [N-]=[N+]=N[C@@H]1C[C@](F)(COCc2ccccc2)C[C@H]1OCc1ccccc1. The van der Waals surface area contributed by atoms with Gasteiger partial charge < -0.3 is 9.47 Å². The molecule has 2 aromatic rings. The fourth-order valence-corrected chi connectivity index (χ4v) is 3.26. The lowest BCUT2D eigenvalue weighted by Crippen LogP contribution is -2.27. The fraction of sp³-hybridized carbons (Fsp3) is 0.400. The summed E-state index contributed by atoms with van der Waals surface area (Å²) in [6.45, 7) is 0.683. The number of nitrogens with zero attached hydrogens (tertiary/aromatic N) is 3. The van der Waals surface area contributed by atoms with Crippen LogP contribution in [0.5, 0.6) is 0 Å². The predicted octanol–water partition coefficient (Wildman–Crippen LogP) is 4.97. The van der Waals surface area contributed by atoms with E-state index in [0.717, 1.165) is 11.1 Å². The first-order valence-electron chi connectivity index (χ1n) is 8.69. The van der Waals surface area contributed by atoms with Gasteiger partial charge in [0.25, 0.3) is 0 Å². The summed E-state index contributed by atoms with van der Waals surface area (Å²) in [5.74, 6) is 0. The Morgan fingerprint density at radius 2 is 1.62 bits per heavy atom. The number of hydrogen-bond acceptors (Lipinski definition) is 3. The van der Waals surface area contributed by atoms with Gasteiger partial charge in [-0.1, -0.05) is 65.8 Å². The quantitative estimate of drug-likeness (QED) is 0.381. The van der Waals surface area contributed by atoms with E-state index in [1.54, 1.807) is 0 Å². The fourth-order valence-electron chi connectivity index (χ4n) is 3.26. The van der Waals surface area contributed by atoms with Crippen LogP contribution in [-0.4, -0.2) is 24.4 Å². The minimum atomic E-state index is -1.55. The minimum absolute atomic E-state index is 0.0372. The van der Waals surface area contributed by atoms with Crippen LogP contribution in [0.2, 0.25) is 0 Å². The molecule has 5 nitrogen and oxygen atoms in total. The van der Waals surface area contributed by atoms with Crippen molar-refractivity contribution in [2.75, 3.05) is 6.61 Å². The van der Waals surface area contributed by atoms with E-state index in [2.05, 4.69) is 10.0 Å². The van der Waals surface area contributed by atoms with Crippen LogP contribution in [0.15, 0.2) is 65.8 Å². The van der Waals surface area contributed by atoms with Gasteiger partial charge in [0.2, 0.25) is 0 Å². The van der Waals surface area contributed by atoms with Crippen molar-refractivity contribution in [2.45, 2.75) is 43.9 Å². The largest absolute Gasteiger partial charge is 0.373 e. The van der Waals surface area contributed by atoms with E-state index in [4.69, 9.17) is 15.0 Å². The monoisotopic (exact) mass is 355 g/mol. The first kappa shape index (κ1) is 18.4. The summed E-state index contributed by atoms with van der Waals surface area (Å²) in [6.07, 6.45) is -0.166. The highest BCUT2D eigenvalue weighted by Gasteiger charge is 2.46. The molecule has 0 N–H and O–H groups in total. The van der Waals surface area contributed by atoms with Crippen LogP contribution in [-0.2, 0) is 22.7 Å². The summed E-state index contributed by atoms with van der Waals surface area (Å²) in [4.78, 5) is 2.85. The van der Waals surface area contributed by atoms with E-state index < -0.39 is 17.8 Å². The molecule has 0 saturated heterocycles. The molecule has 1 aliphatic rings. The Hall–Kier alpha value is -2.40. The Kier molecular flexibility index (Phi) is 6.23. The van der Waals surface area contributed by atoms with Gasteiger partial charge in [0.05, 0.1) is 32.0 Å². The van der Waals surface area contributed by atoms with Crippen molar-refractivity contribution in [3.63, 3.8) is 0 Å². The molecule has 2 aromatic carbocycles. The molecule has 6 heteroatoms. The van der Waals surface area contributed by atoms with Crippen LogP contribution in [0.25, 0.3) is 10.4 Å². The van der Waals surface area contributed by atoms with E-state index in [1.165, 1.54) is 0 Å². The Morgan fingerprint density at radius 3 is 2.23 bits per heavy atom. The van der Waals surface area contributed by atoms with Gasteiger partial charge in [0.1, 0.15) is 5.67 Å². The van der Waals surface area contributed by atoms with Crippen molar-refractivity contribution < 1.29 is 13.9 Å². The molecule has 0 heterocycles. The molecule has 0 bridgehead atoms. The molecule has 0 aromatic heterocycles. The summed E-state index contributed by atoms with van der Waals surface area (Å²) in [5.41, 5.74) is 9.23. The van der Waals surface area contributed by atoms with E-state index in [-0.39, 0.29) is 19.4 Å².